The monoisotopic (exact) mass is 1130 g/mol. The van der Waals surface area contributed by atoms with E-state index in [-0.39, 0.29) is 31.9 Å². The summed E-state index contributed by atoms with van der Waals surface area (Å²) in [7, 11) is 0. The van der Waals surface area contributed by atoms with Gasteiger partial charge >= 0.3 is 0 Å². The minimum Gasteiger partial charge on any atom is -0.501 e. The molecule has 0 saturated carbocycles. The summed E-state index contributed by atoms with van der Waals surface area (Å²) in [5.41, 5.74) is 17.6. The van der Waals surface area contributed by atoms with E-state index in [1.165, 1.54) is 39.1 Å². The summed E-state index contributed by atoms with van der Waals surface area (Å²) in [6.45, 7) is 15.9. The molecule has 0 atom stereocenters. The van der Waals surface area contributed by atoms with E-state index in [0.29, 0.717) is 23.0 Å². The molecule has 6 heteroatoms. The predicted octanol–water partition coefficient (Wildman–Crippen LogP) is 18.5. The van der Waals surface area contributed by atoms with Crippen molar-refractivity contribution in [2.45, 2.75) is 85.9 Å². The van der Waals surface area contributed by atoms with Gasteiger partial charge in [0.2, 0.25) is 0 Å². The molecule has 9 aromatic carbocycles. The van der Waals surface area contributed by atoms with Gasteiger partial charge in [-0.3, -0.25) is 9.97 Å². The Balaban J connectivity index is 0.000000199. The van der Waals surface area contributed by atoms with Crippen molar-refractivity contribution in [3.05, 3.63) is 216 Å². The summed E-state index contributed by atoms with van der Waals surface area (Å²) in [6.07, 6.45) is 0. The number of fused-ring (bicyclic) bond motifs is 6. The Morgan fingerprint density at radius 2 is 1.07 bits per heavy atom. The third-order valence-corrected chi connectivity index (χ3v) is 14.0. The van der Waals surface area contributed by atoms with Crippen molar-refractivity contribution in [1.29, 1.82) is 0 Å². The summed E-state index contributed by atoms with van der Waals surface area (Å²) in [4.78, 5) is 10.3. The van der Waals surface area contributed by atoms with Crippen LogP contribution in [0.2, 0.25) is 0 Å². The zero-order valence-electron chi connectivity index (χ0n) is 45.6. The van der Waals surface area contributed by atoms with E-state index in [4.69, 9.17) is 18.5 Å². The number of nitrogens with zero attached hydrogens (tertiary/aromatic N) is 4. The topological polar surface area (TPSA) is 48.8 Å². The number of para-hydroxylation sites is 5. The molecule has 0 bridgehead atoms. The molecule has 0 aliphatic rings. The smallest absolute Gasteiger partial charge is 0.121 e. The Bertz CT molecular complexity index is 4020. The van der Waals surface area contributed by atoms with Crippen molar-refractivity contribution in [3.63, 3.8) is 0 Å². The zero-order chi connectivity index (χ0) is 52.3. The Hall–Kier alpha value is -7.37. The second-order valence-electron chi connectivity index (χ2n) is 20.2. The van der Waals surface area contributed by atoms with E-state index in [1.807, 2.05) is 54.6 Å². The Labute approximate surface area is 447 Å². The summed E-state index contributed by atoms with van der Waals surface area (Å²) in [5.74, 6) is 3.06. The second-order valence-corrected chi connectivity index (χ2v) is 20.2. The van der Waals surface area contributed by atoms with Crippen molar-refractivity contribution in [2.75, 3.05) is 0 Å². The summed E-state index contributed by atoms with van der Waals surface area (Å²) >= 11 is 0. The number of aryl methyl sites for hydroxylation is 1. The normalized spacial score (nSPS) is 12.5. The second kappa shape index (κ2) is 20.3. The van der Waals surface area contributed by atoms with Crippen molar-refractivity contribution in [2.24, 2.45) is 0 Å². The molecule has 3 aromatic heterocycles. The van der Waals surface area contributed by atoms with Crippen LogP contribution in [0.5, 0.6) is 0 Å². The minimum absolute atomic E-state index is 0. The molecule has 3 heterocycles. The van der Waals surface area contributed by atoms with Crippen molar-refractivity contribution >= 4 is 54.8 Å². The van der Waals surface area contributed by atoms with Crippen LogP contribution in [-0.2, 0) is 20.1 Å². The quantitative estimate of drug-likeness (QED) is 0.135. The number of hydrogen-bond donors (Lipinski definition) is 0. The van der Waals surface area contributed by atoms with Gasteiger partial charge in [-0.15, -0.1) is 54.1 Å². The summed E-state index contributed by atoms with van der Waals surface area (Å²) < 4.78 is 35.1. The van der Waals surface area contributed by atoms with Crippen LogP contribution in [0, 0.1) is 19.0 Å². The average Bonchev–Trinajstić information content (AvgIpc) is 4.14. The molecular formula is C67H60IrN4O-2. The van der Waals surface area contributed by atoms with Crippen LogP contribution >= 0.6 is 0 Å². The molecule has 0 aliphatic heterocycles. The summed E-state index contributed by atoms with van der Waals surface area (Å²) in [5, 5.41) is 3.65. The average molecular weight is 1130 g/mol. The first-order valence-electron chi connectivity index (χ1n) is 26.8. The molecule has 0 saturated heterocycles. The fourth-order valence-corrected chi connectivity index (χ4v) is 10.4. The van der Waals surface area contributed by atoms with E-state index < -0.39 is 6.85 Å². The maximum absolute atomic E-state index is 7.91. The van der Waals surface area contributed by atoms with Crippen LogP contribution in [0.1, 0.15) is 111 Å². The van der Waals surface area contributed by atoms with Gasteiger partial charge in [-0.1, -0.05) is 163 Å². The van der Waals surface area contributed by atoms with Gasteiger partial charge in [-0.25, -0.2) is 0 Å². The van der Waals surface area contributed by atoms with Crippen LogP contribution in [0.15, 0.2) is 180 Å². The number of imidazole rings is 2. The van der Waals surface area contributed by atoms with Gasteiger partial charge in [0.05, 0.1) is 39.3 Å². The van der Waals surface area contributed by atoms with Crippen molar-refractivity contribution < 1.29 is 28.6 Å². The van der Waals surface area contributed by atoms with Crippen LogP contribution in [0.25, 0.3) is 100 Å². The largest absolute Gasteiger partial charge is 0.501 e. The minimum atomic E-state index is -2.17. The standard InChI is InChI=1S/C42H35N2O.C25H25N2.Ir/c1-25(2)34-21-31(28-12-7-6-8-13-28)22-35(26(3)4)40(34)44-38-17-10-9-16-37(38)43-42(44)33-15-11-14-32-36-23-30-20-27(5)18-19-29(30)24-39(36)45-41(32)33;1-17(2)20-13-10-14-21(18(3)4)24(20)27-23-16-9-8-15-22(23)26-25(27)19-11-6-5-7-12-19;/h6-14,16-26H,1-5H3;5-11,13-18H,1-4H3;/q2*-1;/i5D3;;. The van der Waals surface area contributed by atoms with Gasteiger partial charge in [0, 0.05) is 41.0 Å². The third-order valence-electron chi connectivity index (χ3n) is 14.0. The molecule has 0 unspecified atom stereocenters. The number of hydrogen-bond acceptors (Lipinski definition) is 3. The van der Waals surface area contributed by atoms with E-state index in [9.17, 15) is 0 Å². The number of rotatable bonds is 9. The van der Waals surface area contributed by atoms with E-state index in [0.717, 1.165) is 77.7 Å². The van der Waals surface area contributed by atoms with Crippen LogP contribution in [0.4, 0.5) is 0 Å². The molecular weight excluding hydrogens is 1070 g/mol. The first kappa shape index (κ1) is 45.5. The molecule has 0 aliphatic carbocycles. The molecule has 12 aromatic rings. The van der Waals surface area contributed by atoms with Crippen LogP contribution < -0.4 is 0 Å². The van der Waals surface area contributed by atoms with E-state index in [1.54, 1.807) is 12.1 Å². The molecule has 0 fully saturated rings. The van der Waals surface area contributed by atoms with E-state index in [2.05, 4.69) is 186 Å². The summed E-state index contributed by atoms with van der Waals surface area (Å²) in [6, 6.07) is 66.9. The van der Waals surface area contributed by atoms with E-state index >= 15 is 0 Å². The molecule has 365 valence electrons. The van der Waals surface area contributed by atoms with Crippen LogP contribution in [-0.4, -0.2) is 19.1 Å². The molecule has 73 heavy (non-hydrogen) atoms. The molecule has 1 radical (unpaired) electrons. The zero-order valence-corrected chi connectivity index (χ0v) is 45.0. The third kappa shape index (κ3) is 9.02. The molecule has 12 rings (SSSR count). The van der Waals surface area contributed by atoms with Crippen molar-refractivity contribution in [1.82, 2.24) is 19.1 Å². The van der Waals surface area contributed by atoms with Gasteiger partial charge in [0.25, 0.3) is 0 Å². The fourth-order valence-electron chi connectivity index (χ4n) is 10.4. The molecule has 5 nitrogen and oxygen atoms in total. The Morgan fingerprint density at radius 3 is 1.68 bits per heavy atom. The number of aromatic nitrogens is 4. The molecule has 0 N–H and O–H groups in total. The number of benzene rings is 9. The number of furan rings is 1. The SMILES string of the molecule is CC(C)c1cccc(C(C)C)c1-n1c(-c2[c-]cccc2)nc2ccccc21.[2H]C([2H])([2H])c1ccc2cc3oc4c(-c5nc6ccccc6n5-c5c(C(C)C)cc(-c6ccccc6)cc5C(C)C)[c-]ccc4c3cc2c1.[Ir]. The molecule has 0 amide bonds. The fraction of sp³-hybridized carbons (Fsp3) is 0.194. The Kier molecular flexibility index (Phi) is 12.6. The van der Waals surface area contributed by atoms with Crippen molar-refractivity contribution in [3.8, 4) is 45.3 Å². The van der Waals surface area contributed by atoms with Crippen LogP contribution in [0.3, 0.4) is 0 Å². The predicted molar refractivity (Wildman–Crippen MR) is 302 cm³/mol. The van der Waals surface area contributed by atoms with Gasteiger partial charge < -0.3 is 13.6 Å². The first-order chi connectivity index (χ1) is 36.2. The van der Waals surface area contributed by atoms with Gasteiger partial charge in [-0.2, -0.15) is 0 Å². The van der Waals surface area contributed by atoms with Gasteiger partial charge in [0.15, 0.2) is 0 Å². The molecule has 0 spiro atoms. The maximum atomic E-state index is 7.91. The van der Waals surface area contributed by atoms with Gasteiger partial charge in [0.1, 0.15) is 5.58 Å². The Morgan fingerprint density at radius 1 is 0.479 bits per heavy atom. The first-order valence-corrected chi connectivity index (χ1v) is 25.3. The maximum Gasteiger partial charge on any atom is 0.121 e. The van der Waals surface area contributed by atoms with Gasteiger partial charge in [-0.05, 0) is 123 Å².